The van der Waals surface area contributed by atoms with Gasteiger partial charge in [-0.15, -0.1) is 0 Å². The topological polar surface area (TPSA) is 13.0 Å². The van der Waals surface area contributed by atoms with E-state index in [9.17, 15) is 0 Å². The Hall–Kier alpha value is -9.90. The molecule has 0 amide bonds. The van der Waals surface area contributed by atoms with E-state index in [1.54, 1.807) is 0 Å². The molecule has 4 nitrogen and oxygen atoms in total. The van der Waals surface area contributed by atoms with Crippen LogP contribution in [0.5, 0.6) is 0 Å². The first-order valence-electron chi connectivity index (χ1n) is 27.8. The summed E-state index contributed by atoms with van der Waals surface area (Å²) in [5, 5.41) is 0. The molecule has 12 rings (SSSR count). The largest absolute Gasteiger partial charge is 0.314 e. The van der Waals surface area contributed by atoms with E-state index in [-0.39, 0.29) is 0 Å². The van der Waals surface area contributed by atoms with E-state index in [0.29, 0.717) is 0 Å². The van der Waals surface area contributed by atoms with Crippen LogP contribution in [0.15, 0.2) is 302 Å². The summed E-state index contributed by atoms with van der Waals surface area (Å²) in [6.07, 6.45) is 6.72. The molecule has 0 N–H and O–H groups in total. The zero-order valence-electron chi connectivity index (χ0n) is 45.9. The lowest BCUT2D eigenvalue weighted by atomic mass is 10.0. The van der Waals surface area contributed by atoms with Crippen molar-refractivity contribution in [2.24, 2.45) is 0 Å². The number of nitrogens with zero attached hydrogens (tertiary/aromatic N) is 4. The zero-order valence-corrected chi connectivity index (χ0v) is 45.9. The van der Waals surface area contributed by atoms with Crippen molar-refractivity contribution in [2.45, 2.75) is 40.5 Å². The highest BCUT2D eigenvalue weighted by Gasteiger charge is 2.20. The SMILES string of the molecule is CC1=CCCC(N(c2ccc(-c3ccc(N(c4ccccc4)c4ccc(-c5ccc(N(c6ccccc6)c6ccc(-c7ccc(N(c8cccc(C)c8)c8cccc(C)c8)cc7)cc6)cc5)cc4)cc3)cc2)c2cccc(C)c2)=C1. The molecule has 0 radical (unpaired) electrons. The van der Waals surface area contributed by atoms with E-state index in [1.165, 1.54) is 56.0 Å². The Morgan fingerprint density at radius 2 is 0.487 bits per heavy atom. The van der Waals surface area contributed by atoms with Crippen molar-refractivity contribution < 1.29 is 0 Å². The molecule has 11 aromatic rings. The lowest BCUT2D eigenvalue weighted by Gasteiger charge is -2.30. The highest BCUT2D eigenvalue weighted by molar-refractivity contribution is 5.84. The van der Waals surface area contributed by atoms with Crippen LogP contribution in [-0.2, 0) is 0 Å². The number of rotatable bonds is 15. The van der Waals surface area contributed by atoms with E-state index in [1.807, 2.05) is 0 Å². The first-order chi connectivity index (χ1) is 39.3. The molecule has 0 saturated carbocycles. The summed E-state index contributed by atoms with van der Waals surface area (Å²) < 4.78 is 0. The third-order valence-electron chi connectivity index (χ3n) is 15.1. The first kappa shape index (κ1) is 50.9. The van der Waals surface area contributed by atoms with Crippen molar-refractivity contribution in [3.8, 4) is 33.4 Å². The van der Waals surface area contributed by atoms with Crippen molar-refractivity contribution in [1.82, 2.24) is 0 Å². The summed E-state index contributed by atoms with van der Waals surface area (Å²) in [5.41, 5.74) is 25.7. The Kier molecular flexibility index (Phi) is 14.6. The van der Waals surface area contributed by atoms with Gasteiger partial charge < -0.3 is 19.6 Å². The fourth-order valence-corrected chi connectivity index (χ4v) is 11.1. The lowest BCUT2D eigenvalue weighted by Crippen LogP contribution is -2.18. The number of para-hydroxylation sites is 2. The van der Waals surface area contributed by atoms with Gasteiger partial charge in [0.25, 0.3) is 0 Å². The third kappa shape index (κ3) is 11.1. The van der Waals surface area contributed by atoms with Crippen LogP contribution in [0.1, 0.15) is 36.5 Å². The second kappa shape index (κ2) is 23.0. The highest BCUT2D eigenvalue weighted by Crippen LogP contribution is 2.42. The molecule has 4 heteroatoms. The molecule has 1 aliphatic carbocycles. The summed E-state index contributed by atoms with van der Waals surface area (Å²) in [6, 6.07) is 101. The van der Waals surface area contributed by atoms with Gasteiger partial charge in [0.05, 0.1) is 0 Å². The van der Waals surface area contributed by atoms with Crippen molar-refractivity contribution in [3.63, 3.8) is 0 Å². The van der Waals surface area contributed by atoms with Crippen LogP contribution in [0, 0.1) is 20.8 Å². The first-order valence-corrected chi connectivity index (χ1v) is 27.8. The fraction of sp³-hybridized carbons (Fsp3) is 0.0789. The Morgan fingerprint density at radius 1 is 0.237 bits per heavy atom. The summed E-state index contributed by atoms with van der Waals surface area (Å²) in [7, 11) is 0. The van der Waals surface area contributed by atoms with Gasteiger partial charge in [-0.3, -0.25) is 0 Å². The van der Waals surface area contributed by atoms with Gasteiger partial charge >= 0.3 is 0 Å². The van der Waals surface area contributed by atoms with Gasteiger partial charge in [0.2, 0.25) is 0 Å². The number of aryl methyl sites for hydroxylation is 3. The van der Waals surface area contributed by atoms with Gasteiger partial charge in [-0.1, -0.05) is 157 Å². The third-order valence-corrected chi connectivity index (χ3v) is 15.1. The molecule has 0 bridgehead atoms. The summed E-state index contributed by atoms with van der Waals surface area (Å²) in [4.78, 5) is 9.41. The van der Waals surface area contributed by atoms with Gasteiger partial charge in [-0.25, -0.2) is 0 Å². The maximum absolute atomic E-state index is 2.42. The second-order valence-corrected chi connectivity index (χ2v) is 20.9. The Morgan fingerprint density at radius 3 is 0.775 bits per heavy atom. The van der Waals surface area contributed by atoms with Crippen LogP contribution in [0.2, 0.25) is 0 Å². The van der Waals surface area contributed by atoms with Crippen LogP contribution in [0.25, 0.3) is 33.4 Å². The van der Waals surface area contributed by atoms with Gasteiger partial charge in [0.15, 0.2) is 0 Å². The number of benzene rings is 11. The van der Waals surface area contributed by atoms with E-state index in [0.717, 1.165) is 80.7 Å². The minimum absolute atomic E-state index is 1.01. The maximum atomic E-state index is 2.42. The quantitative estimate of drug-likeness (QED) is 0.101. The number of hydrogen-bond acceptors (Lipinski definition) is 4. The molecule has 11 aromatic carbocycles. The molecular formula is C76H64N4. The molecule has 388 valence electrons. The summed E-state index contributed by atoms with van der Waals surface area (Å²) in [5.74, 6) is 0. The van der Waals surface area contributed by atoms with Crippen molar-refractivity contribution in [3.05, 3.63) is 319 Å². The average molecular weight is 1030 g/mol. The van der Waals surface area contributed by atoms with Crippen LogP contribution in [-0.4, -0.2) is 0 Å². The average Bonchev–Trinajstić information content (AvgIpc) is 3.50. The van der Waals surface area contributed by atoms with Gasteiger partial charge in [-0.05, 0) is 230 Å². The smallest absolute Gasteiger partial charge is 0.0464 e. The summed E-state index contributed by atoms with van der Waals surface area (Å²) >= 11 is 0. The normalized spacial score (nSPS) is 12.1. The van der Waals surface area contributed by atoms with Crippen LogP contribution in [0.4, 0.5) is 62.6 Å². The zero-order chi connectivity index (χ0) is 54.4. The van der Waals surface area contributed by atoms with Crippen LogP contribution >= 0.6 is 0 Å². The molecule has 0 spiro atoms. The monoisotopic (exact) mass is 1030 g/mol. The van der Waals surface area contributed by atoms with Gasteiger partial charge in [0.1, 0.15) is 0 Å². The molecule has 0 atom stereocenters. The Bertz CT molecular complexity index is 3890. The molecular weight excluding hydrogens is 969 g/mol. The van der Waals surface area contributed by atoms with Gasteiger partial charge in [0, 0.05) is 68.3 Å². The van der Waals surface area contributed by atoms with E-state index >= 15 is 0 Å². The Labute approximate surface area is 472 Å². The number of anilines is 11. The van der Waals surface area contributed by atoms with E-state index in [4.69, 9.17) is 0 Å². The summed E-state index contributed by atoms with van der Waals surface area (Å²) in [6.45, 7) is 8.66. The fourth-order valence-electron chi connectivity index (χ4n) is 11.1. The van der Waals surface area contributed by atoms with Crippen LogP contribution in [0.3, 0.4) is 0 Å². The van der Waals surface area contributed by atoms with Crippen LogP contribution < -0.4 is 19.6 Å². The van der Waals surface area contributed by atoms with Crippen molar-refractivity contribution in [1.29, 1.82) is 0 Å². The molecule has 0 fully saturated rings. The van der Waals surface area contributed by atoms with E-state index in [2.05, 4.69) is 338 Å². The maximum Gasteiger partial charge on any atom is 0.0464 e. The Balaban J connectivity index is 0.772. The number of allylic oxidation sites excluding steroid dienone is 4. The predicted octanol–water partition coefficient (Wildman–Crippen LogP) is 21.8. The molecule has 0 saturated heterocycles. The highest BCUT2D eigenvalue weighted by atomic mass is 15.2. The predicted molar refractivity (Wildman–Crippen MR) is 341 cm³/mol. The second-order valence-electron chi connectivity index (χ2n) is 20.9. The molecule has 0 unspecified atom stereocenters. The molecule has 0 aliphatic heterocycles. The molecule has 80 heavy (non-hydrogen) atoms. The lowest BCUT2D eigenvalue weighted by molar-refractivity contribution is 0.904. The minimum Gasteiger partial charge on any atom is -0.314 e. The van der Waals surface area contributed by atoms with E-state index < -0.39 is 0 Å². The van der Waals surface area contributed by atoms with Gasteiger partial charge in [-0.2, -0.15) is 0 Å². The number of hydrogen-bond donors (Lipinski definition) is 0. The standard InChI is InChI=1S/C76H64N4/c1-55-15-11-23-73(51-55)79(74-24-12-16-56(2)52-74)71-47-35-63(36-48-71)61-31-43-69(44-32-61)77(65-19-7-5-8-20-65)67-39-27-59(28-40-67)60-29-41-68(42-30-60)78(66-21-9-6-10-22-66)70-45-33-62(34-46-70)64-37-49-72(50-38-64)80(75-25-13-17-57(3)53-75)76-26-14-18-58(4)54-76/h5-13,15-25,27-54H,14,26H2,1-4H3. The molecule has 0 heterocycles. The molecule has 1 aliphatic rings. The van der Waals surface area contributed by atoms with Crippen molar-refractivity contribution in [2.75, 3.05) is 19.6 Å². The van der Waals surface area contributed by atoms with Crippen molar-refractivity contribution >= 4 is 62.6 Å². The minimum atomic E-state index is 1.01. The molecule has 0 aromatic heterocycles.